The van der Waals surface area contributed by atoms with Crippen molar-refractivity contribution in [2.75, 3.05) is 13.1 Å². The van der Waals surface area contributed by atoms with E-state index in [1.165, 1.54) is 0 Å². The minimum atomic E-state index is 0.00454. The van der Waals surface area contributed by atoms with Crippen LogP contribution in [0.1, 0.15) is 19.8 Å². The molecule has 0 spiro atoms. The molecule has 2 heterocycles. The van der Waals surface area contributed by atoms with Gasteiger partial charge in [-0.3, -0.25) is 9.48 Å². The van der Waals surface area contributed by atoms with Gasteiger partial charge in [0.15, 0.2) is 0 Å². The van der Waals surface area contributed by atoms with Crippen LogP contribution in [0.5, 0.6) is 0 Å². The van der Waals surface area contributed by atoms with Gasteiger partial charge in [-0.25, -0.2) is 0 Å². The molecule has 1 aliphatic heterocycles. The molecule has 4 nitrogen and oxygen atoms in total. The van der Waals surface area contributed by atoms with Gasteiger partial charge in [0.1, 0.15) is 0 Å². The Balaban J connectivity index is 1.91. The van der Waals surface area contributed by atoms with Gasteiger partial charge < -0.3 is 4.90 Å². The summed E-state index contributed by atoms with van der Waals surface area (Å²) in [5, 5.41) is 4.16. The number of halogens is 1. The first-order chi connectivity index (χ1) is 7.66. The lowest BCUT2D eigenvalue weighted by Gasteiger charge is -2.20. The minimum absolute atomic E-state index is 0.00454. The summed E-state index contributed by atoms with van der Waals surface area (Å²) < 4.78 is 2.76. The van der Waals surface area contributed by atoms with Crippen molar-refractivity contribution >= 4 is 21.8 Å². The van der Waals surface area contributed by atoms with E-state index in [1.54, 1.807) is 6.20 Å². The maximum atomic E-state index is 12.0. The fourth-order valence-electron chi connectivity index (χ4n) is 2.05. The second kappa shape index (κ2) is 4.99. The maximum absolute atomic E-state index is 12.0. The van der Waals surface area contributed by atoms with Crippen molar-refractivity contribution in [3.63, 3.8) is 0 Å². The summed E-state index contributed by atoms with van der Waals surface area (Å²) >= 11 is 3.35. The van der Waals surface area contributed by atoms with Crippen LogP contribution in [0, 0.1) is 5.92 Å². The zero-order valence-corrected chi connectivity index (χ0v) is 11.0. The van der Waals surface area contributed by atoms with E-state index in [4.69, 9.17) is 0 Å². The molecule has 1 saturated heterocycles. The number of hydrogen-bond donors (Lipinski definition) is 0. The summed E-state index contributed by atoms with van der Waals surface area (Å²) in [6.07, 6.45) is 5.93. The van der Waals surface area contributed by atoms with Crippen LogP contribution >= 0.6 is 15.9 Å². The molecule has 5 heteroatoms. The van der Waals surface area contributed by atoms with E-state index in [2.05, 4.69) is 21.0 Å². The van der Waals surface area contributed by atoms with Gasteiger partial charge in [-0.2, -0.15) is 5.10 Å². The van der Waals surface area contributed by atoms with Crippen molar-refractivity contribution < 1.29 is 4.79 Å². The summed E-state index contributed by atoms with van der Waals surface area (Å²) in [5.74, 6) is 0.258. The SMILES string of the molecule is CC(Cn1cc(Br)cn1)C(=O)N1CCCC1. The predicted molar refractivity (Wildman–Crippen MR) is 64.9 cm³/mol. The first-order valence-corrected chi connectivity index (χ1v) is 6.43. The van der Waals surface area contributed by atoms with Crippen LogP contribution < -0.4 is 0 Å². The summed E-state index contributed by atoms with van der Waals surface area (Å²) in [5.41, 5.74) is 0. The molecule has 1 aliphatic rings. The standard InChI is InChI=1S/C11H16BrN3O/c1-9(7-15-8-10(12)6-13-15)11(16)14-4-2-3-5-14/h6,8-9H,2-5,7H2,1H3. The Morgan fingerprint density at radius 3 is 2.81 bits per heavy atom. The molecule has 0 saturated carbocycles. The monoisotopic (exact) mass is 285 g/mol. The number of aromatic nitrogens is 2. The van der Waals surface area contributed by atoms with Gasteiger partial charge in [0.2, 0.25) is 5.91 Å². The molecule has 1 aromatic rings. The molecule has 16 heavy (non-hydrogen) atoms. The molecule has 88 valence electrons. The van der Waals surface area contributed by atoms with Crippen LogP contribution in [0.2, 0.25) is 0 Å². The fourth-order valence-corrected chi connectivity index (χ4v) is 2.37. The van der Waals surface area contributed by atoms with Gasteiger partial charge >= 0.3 is 0 Å². The molecule has 2 rings (SSSR count). The molecule has 0 aliphatic carbocycles. The molecule has 1 fully saturated rings. The third kappa shape index (κ3) is 2.64. The largest absolute Gasteiger partial charge is 0.342 e. The topological polar surface area (TPSA) is 38.1 Å². The van der Waals surface area contributed by atoms with Gasteiger partial charge in [0.25, 0.3) is 0 Å². The van der Waals surface area contributed by atoms with Crippen LogP contribution in [0.25, 0.3) is 0 Å². The van der Waals surface area contributed by atoms with E-state index in [1.807, 2.05) is 22.7 Å². The molecule has 1 unspecified atom stereocenters. The summed E-state index contributed by atoms with van der Waals surface area (Å²) in [7, 11) is 0. The lowest BCUT2D eigenvalue weighted by molar-refractivity contribution is -0.134. The number of carbonyl (C=O) groups excluding carboxylic acids is 1. The van der Waals surface area contributed by atoms with Crippen molar-refractivity contribution in [2.45, 2.75) is 26.3 Å². The number of amides is 1. The molecule has 1 amide bonds. The minimum Gasteiger partial charge on any atom is -0.342 e. The van der Waals surface area contributed by atoms with E-state index in [9.17, 15) is 4.79 Å². The number of rotatable bonds is 3. The third-order valence-electron chi connectivity index (χ3n) is 2.90. The quantitative estimate of drug-likeness (QED) is 0.851. The van der Waals surface area contributed by atoms with Crippen molar-refractivity contribution in [2.24, 2.45) is 5.92 Å². The average molecular weight is 286 g/mol. The van der Waals surface area contributed by atoms with Crippen molar-refractivity contribution in [1.29, 1.82) is 0 Å². The van der Waals surface area contributed by atoms with Crippen LogP contribution in [0.3, 0.4) is 0 Å². The average Bonchev–Trinajstić information content (AvgIpc) is 2.88. The van der Waals surface area contributed by atoms with Gasteiger partial charge in [-0.15, -0.1) is 0 Å². The van der Waals surface area contributed by atoms with E-state index in [-0.39, 0.29) is 11.8 Å². The Hall–Kier alpha value is -0.840. The van der Waals surface area contributed by atoms with Gasteiger partial charge in [-0.1, -0.05) is 6.92 Å². The Bertz CT molecular complexity index is 371. The molecule has 0 bridgehead atoms. The van der Waals surface area contributed by atoms with Crippen molar-refractivity contribution in [3.05, 3.63) is 16.9 Å². The van der Waals surface area contributed by atoms with Crippen molar-refractivity contribution in [1.82, 2.24) is 14.7 Å². The van der Waals surface area contributed by atoms with Crippen LogP contribution in [-0.4, -0.2) is 33.7 Å². The molecule has 1 atom stereocenters. The van der Waals surface area contributed by atoms with E-state index < -0.39 is 0 Å². The first-order valence-electron chi connectivity index (χ1n) is 5.63. The zero-order chi connectivity index (χ0) is 11.5. The molecular weight excluding hydrogens is 270 g/mol. The second-order valence-corrected chi connectivity index (χ2v) is 5.23. The highest BCUT2D eigenvalue weighted by Crippen LogP contribution is 2.14. The second-order valence-electron chi connectivity index (χ2n) is 4.31. The highest BCUT2D eigenvalue weighted by molar-refractivity contribution is 9.10. The first kappa shape index (κ1) is 11.6. The van der Waals surface area contributed by atoms with Gasteiger partial charge in [-0.05, 0) is 28.8 Å². The van der Waals surface area contributed by atoms with Crippen LogP contribution in [-0.2, 0) is 11.3 Å². The Labute approximate surface area is 104 Å². The molecule has 0 radical (unpaired) electrons. The summed E-state index contributed by atoms with van der Waals surface area (Å²) in [6, 6.07) is 0. The Morgan fingerprint density at radius 1 is 1.56 bits per heavy atom. The number of hydrogen-bond acceptors (Lipinski definition) is 2. The number of likely N-dealkylation sites (tertiary alicyclic amines) is 1. The van der Waals surface area contributed by atoms with E-state index >= 15 is 0 Å². The van der Waals surface area contributed by atoms with E-state index in [0.29, 0.717) is 6.54 Å². The van der Waals surface area contributed by atoms with Crippen LogP contribution in [0.4, 0.5) is 0 Å². The Kier molecular flexibility index (Phi) is 3.63. The summed E-state index contributed by atoms with van der Waals surface area (Å²) in [6.45, 7) is 4.47. The lowest BCUT2D eigenvalue weighted by atomic mass is 10.1. The predicted octanol–water partition coefficient (Wildman–Crippen LogP) is 1.90. The number of nitrogens with zero attached hydrogens (tertiary/aromatic N) is 3. The number of carbonyl (C=O) groups is 1. The zero-order valence-electron chi connectivity index (χ0n) is 9.40. The Morgan fingerprint density at radius 2 is 2.25 bits per heavy atom. The van der Waals surface area contributed by atoms with E-state index in [0.717, 1.165) is 30.4 Å². The van der Waals surface area contributed by atoms with Gasteiger partial charge in [0.05, 0.1) is 23.1 Å². The summed E-state index contributed by atoms with van der Waals surface area (Å²) in [4.78, 5) is 14.0. The van der Waals surface area contributed by atoms with Gasteiger partial charge in [0, 0.05) is 19.3 Å². The van der Waals surface area contributed by atoms with Crippen LogP contribution in [0.15, 0.2) is 16.9 Å². The highest BCUT2D eigenvalue weighted by Gasteiger charge is 2.23. The van der Waals surface area contributed by atoms with Crippen molar-refractivity contribution in [3.8, 4) is 0 Å². The lowest BCUT2D eigenvalue weighted by Crippen LogP contribution is -2.34. The normalized spacial score (nSPS) is 17.8. The third-order valence-corrected chi connectivity index (χ3v) is 3.31. The molecule has 1 aromatic heterocycles. The molecule has 0 N–H and O–H groups in total. The smallest absolute Gasteiger partial charge is 0.227 e. The fraction of sp³-hybridized carbons (Fsp3) is 0.636. The molecular formula is C11H16BrN3O. The maximum Gasteiger partial charge on any atom is 0.227 e. The highest BCUT2D eigenvalue weighted by atomic mass is 79.9. The molecule has 0 aromatic carbocycles.